The van der Waals surface area contributed by atoms with Gasteiger partial charge in [-0.3, -0.25) is 10.1 Å². The van der Waals surface area contributed by atoms with Crippen LogP contribution in [0, 0.1) is 17.0 Å². The van der Waals surface area contributed by atoms with E-state index in [0.717, 1.165) is 31.5 Å². The molecule has 2 aliphatic heterocycles. The van der Waals surface area contributed by atoms with E-state index in [1.54, 1.807) is 6.92 Å². The van der Waals surface area contributed by atoms with Gasteiger partial charge in [-0.1, -0.05) is 0 Å². The summed E-state index contributed by atoms with van der Waals surface area (Å²) in [5, 5.41) is 10.8. The number of anilines is 1. The van der Waals surface area contributed by atoms with Crippen LogP contribution in [-0.2, 0) is 0 Å². The molecule has 0 aliphatic carbocycles. The van der Waals surface area contributed by atoms with Crippen LogP contribution in [0.1, 0.15) is 31.2 Å². The highest BCUT2D eigenvalue weighted by Crippen LogP contribution is 2.38. The summed E-state index contributed by atoms with van der Waals surface area (Å²) in [6.45, 7) is 1.76. The summed E-state index contributed by atoms with van der Waals surface area (Å²) in [5.74, 6) is 0.863. The molecule has 102 valence electrons. The van der Waals surface area contributed by atoms with Crippen molar-refractivity contribution in [3.8, 4) is 0 Å². The summed E-state index contributed by atoms with van der Waals surface area (Å²) < 4.78 is 0. The molecule has 6 heteroatoms. The van der Waals surface area contributed by atoms with Gasteiger partial charge >= 0.3 is 0 Å². The Morgan fingerprint density at radius 1 is 1.42 bits per heavy atom. The van der Waals surface area contributed by atoms with Crippen LogP contribution in [0.4, 0.5) is 11.5 Å². The maximum absolute atomic E-state index is 10.8. The summed E-state index contributed by atoms with van der Waals surface area (Å²) in [4.78, 5) is 17.1. The molecule has 0 aromatic carbocycles. The van der Waals surface area contributed by atoms with Crippen LogP contribution in [0.15, 0.2) is 12.3 Å². The molecule has 6 nitrogen and oxygen atoms in total. The van der Waals surface area contributed by atoms with Gasteiger partial charge in [0.25, 0.3) is 5.69 Å². The van der Waals surface area contributed by atoms with Crippen molar-refractivity contribution in [1.29, 1.82) is 0 Å². The molecular weight excluding hydrogens is 244 g/mol. The Morgan fingerprint density at radius 2 is 2.05 bits per heavy atom. The largest absolute Gasteiger partial charge is 0.351 e. The molecule has 0 radical (unpaired) electrons. The Morgan fingerprint density at radius 3 is 2.58 bits per heavy atom. The quantitative estimate of drug-likeness (QED) is 0.648. The fraction of sp³-hybridized carbons (Fsp3) is 0.615. The maximum atomic E-state index is 10.8. The number of hydrogen-bond acceptors (Lipinski definition) is 5. The van der Waals surface area contributed by atoms with Crippen molar-refractivity contribution in [3.63, 3.8) is 0 Å². The predicted molar refractivity (Wildman–Crippen MR) is 72.1 cm³/mol. The van der Waals surface area contributed by atoms with E-state index in [2.05, 4.69) is 9.88 Å². The second-order valence-corrected chi connectivity index (χ2v) is 5.61. The van der Waals surface area contributed by atoms with Crippen molar-refractivity contribution in [2.24, 2.45) is 5.73 Å². The van der Waals surface area contributed by atoms with Gasteiger partial charge in [0.05, 0.1) is 4.92 Å². The van der Waals surface area contributed by atoms with E-state index < -0.39 is 0 Å². The van der Waals surface area contributed by atoms with Crippen LogP contribution in [0.5, 0.6) is 0 Å². The van der Waals surface area contributed by atoms with E-state index in [1.807, 2.05) is 6.07 Å². The molecular formula is C13H18N4O2. The van der Waals surface area contributed by atoms with E-state index in [1.165, 1.54) is 6.20 Å². The molecule has 2 fully saturated rings. The van der Waals surface area contributed by atoms with E-state index in [9.17, 15) is 10.1 Å². The number of hydrogen-bond donors (Lipinski definition) is 1. The van der Waals surface area contributed by atoms with Crippen molar-refractivity contribution in [2.45, 2.75) is 50.7 Å². The lowest BCUT2D eigenvalue weighted by atomic mass is 9.98. The van der Waals surface area contributed by atoms with Crippen molar-refractivity contribution in [3.05, 3.63) is 27.9 Å². The van der Waals surface area contributed by atoms with Gasteiger partial charge in [0.15, 0.2) is 0 Å². The molecule has 0 saturated carbocycles. The van der Waals surface area contributed by atoms with Crippen LogP contribution in [0.25, 0.3) is 0 Å². The highest BCUT2D eigenvalue weighted by molar-refractivity contribution is 5.51. The van der Waals surface area contributed by atoms with Crippen LogP contribution in [0.2, 0.25) is 0 Å². The van der Waals surface area contributed by atoms with Crippen LogP contribution >= 0.6 is 0 Å². The minimum Gasteiger partial charge on any atom is -0.351 e. The molecule has 2 bridgehead atoms. The van der Waals surface area contributed by atoms with Gasteiger partial charge in [-0.15, -0.1) is 0 Å². The van der Waals surface area contributed by atoms with Gasteiger partial charge in [0, 0.05) is 23.7 Å². The second-order valence-electron chi connectivity index (χ2n) is 5.61. The second kappa shape index (κ2) is 4.45. The van der Waals surface area contributed by atoms with Crippen LogP contribution in [0.3, 0.4) is 0 Å². The zero-order chi connectivity index (χ0) is 13.6. The van der Waals surface area contributed by atoms with Crippen LogP contribution in [-0.4, -0.2) is 28.0 Å². The van der Waals surface area contributed by atoms with Gasteiger partial charge in [0.1, 0.15) is 12.0 Å². The number of nitro groups is 1. The zero-order valence-electron chi connectivity index (χ0n) is 11.0. The molecule has 2 unspecified atom stereocenters. The molecule has 0 amide bonds. The Balaban J connectivity index is 1.91. The Hall–Kier alpha value is -1.69. The third kappa shape index (κ3) is 2.06. The molecule has 3 rings (SSSR count). The number of aromatic nitrogens is 1. The monoisotopic (exact) mass is 262 g/mol. The van der Waals surface area contributed by atoms with Gasteiger partial charge in [0.2, 0.25) is 0 Å². The minimum absolute atomic E-state index is 0.0878. The normalized spacial score (nSPS) is 29.6. The molecule has 3 heterocycles. The molecule has 2 aliphatic rings. The first-order chi connectivity index (χ1) is 9.06. The Kier molecular flexibility index (Phi) is 2.89. The number of aryl methyl sites for hydroxylation is 1. The average molecular weight is 262 g/mol. The third-order valence-electron chi connectivity index (χ3n) is 4.30. The van der Waals surface area contributed by atoms with E-state index >= 15 is 0 Å². The van der Waals surface area contributed by atoms with Crippen molar-refractivity contribution < 1.29 is 4.92 Å². The summed E-state index contributed by atoms with van der Waals surface area (Å²) in [6, 6.07) is 3.01. The number of nitrogens with two attached hydrogens (primary N) is 1. The van der Waals surface area contributed by atoms with Crippen molar-refractivity contribution >= 4 is 11.5 Å². The van der Waals surface area contributed by atoms with E-state index in [0.29, 0.717) is 17.6 Å². The number of nitrogens with zero attached hydrogens (tertiary/aromatic N) is 3. The molecule has 0 spiro atoms. The summed E-state index contributed by atoms with van der Waals surface area (Å²) in [5.41, 5.74) is 6.81. The number of rotatable bonds is 2. The lowest BCUT2D eigenvalue weighted by molar-refractivity contribution is -0.385. The third-order valence-corrected chi connectivity index (χ3v) is 4.30. The van der Waals surface area contributed by atoms with Crippen molar-refractivity contribution in [1.82, 2.24) is 4.98 Å². The molecule has 19 heavy (non-hydrogen) atoms. The number of pyridine rings is 1. The minimum atomic E-state index is -0.382. The van der Waals surface area contributed by atoms with Crippen LogP contribution < -0.4 is 10.6 Å². The Labute approximate surface area is 111 Å². The molecule has 2 N–H and O–H groups in total. The van der Waals surface area contributed by atoms with Gasteiger partial charge in [-0.2, -0.15) is 0 Å². The maximum Gasteiger partial charge on any atom is 0.290 e. The number of piperidine rings is 1. The first kappa shape index (κ1) is 12.3. The molecule has 2 atom stereocenters. The van der Waals surface area contributed by atoms with Crippen molar-refractivity contribution in [2.75, 3.05) is 4.90 Å². The summed E-state index contributed by atoms with van der Waals surface area (Å²) in [6.07, 6.45) is 5.66. The zero-order valence-corrected chi connectivity index (χ0v) is 11.0. The lowest BCUT2D eigenvalue weighted by Gasteiger charge is -2.38. The SMILES string of the molecule is Cc1cc(N2C3CCC2CC(N)C3)ncc1[N+](=O)[O-]. The highest BCUT2D eigenvalue weighted by Gasteiger charge is 2.40. The topological polar surface area (TPSA) is 85.3 Å². The van der Waals surface area contributed by atoms with E-state index in [-0.39, 0.29) is 16.7 Å². The van der Waals surface area contributed by atoms with Gasteiger partial charge in [-0.25, -0.2) is 4.98 Å². The van der Waals surface area contributed by atoms with Gasteiger partial charge in [-0.05, 0) is 38.7 Å². The number of fused-ring (bicyclic) bond motifs is 2. The molecule has 1 aromatic rings. The fourth-order valence-electron chi connectivity index (χ4n) is 3.46. The average Bonchev–Trinajstić information content (AvgIpc) is 2.61. The standard InChI is InChI=1S/C13H18N4O2/c1-8-4-13(15-7-12(8)17(18)19)16-10-2-3-11(16)6-9(14)5-10/h4,7,9-11H,2-3,5-6,14H2,1H3. The van der Waals surface area contributed by atoms with Gasteiger partial charge < -0.3 is 10.6 Å². The highest BCUT2D eigenvalue weighted by atomic mass is 16.6. The lowest BCUT2D eigenvalue weighted by Crippen LogP contribution is -2.47. The molecule has 1 aromatic heterocycles. The fourth-order valence-corrected chi connectivity index (χ4v) is 3.46. The first-order valence-electron chi connectivity index (χ1n) is 6.71. The first-order valence-corrected chi connectivity index (χ1v) is 6.71. The molecule has 2 saturated heterocycles. The Bertz CT molecular complexity index is 505. The van der Waals surface area contributed by atoms with E-state index in [4.69, 9.17) is 5.73 Å². The summed E-state index contributed by atoms with van der Waals surface area (Å²) in [7, 11) is 0. The summed E-state index contributed by atoms with van der Waals surface area (Å²) >= 11 is 0. The predicted octanol–water partition coefficient (Wildman–Crippen LogP) is 1.76. The smallest absolute Gasteiger partial charge is 0.290 e.